The lowest BCUT2D eigenvalue weighted by molar-refractivity contribution is -0.117. The number of nitrogens with one attached hydrogen (secondary N) is 1. The summed E-state index contributed by atoms with van der Waals surface area (Å²) >= 11 is 0. The maximum atomic E-state index is 13.6. The molecule has 1 N–H and O–H groups in total. The van der Waals surface area contributed by atoms with Gasteiger partial charge < -0.3 is 10.2 Å². The van der Waals surface area contributed by atoms with Crippen LogP contribution in [-0.2, 0) is 4.79 Å². The molecule has 0 aromatic heterocycles. The summed E-state index contributed by atoms with van der Waals surface area (Å²) < 4.78 is 26.8. The van der Waals surface area contributed by atoms with Gasteiger partial charge in [-0.05, 0) is 82.3 Å². The average molecular weight is 379 g/mol. The molecule has 0 bridgehead atoms. The number of carbonyl (C=O) groups is 1. The number of rotatable bonds is 9. The predicted molar refractivity (Wildman–Crippen MR) is 104 cm³/mol. The van der Waals surface area contributed by atoms with Gasteiger partial charge in [0.25, 0.3) is 0 Å². The minimum Gasteiger partial charge on any atom is -0.322 e. The van der Waals surface area contributed by atoms with E-state index in [1.807, 2.05) is 0 Å². The van der Waals surface area contributed by atoms with Gasteiger partial charge in [0.05, 0.1) is 12.2 Å². The number of anilines is 1. The van der Waals surface area contributed by atoms with Gasteiger partial charge in [-0.3, -0.25) is 9.69 Å². The van der Waals surface area contributed by atoms with Crippen LogP contribution in [0.5, 0.6) is 0 Å². The zero-order chi connectivity index (χ0) is 19.2. The molecule has 27 heavy (non-hydrogen) atoms. The van der Waals surface area contributed by atoms with E-state index < -0.39 is 11.6 Å². The Morgan fingerprint density at radius 2 is 1.93 bits per heavy atom. The van der Waals surface area contributed by atoms with Crippen LogP contribution in [0.4, 0.5) is 14.5 Å². The Morgan fingerprint density at radius 3 is 2.59 bits per heavy atom. The predicted octanol–water partition coefficient (Wildman–Crippen LogP) is 3.74. The number of likely N-dealkylation sites (tertiary alicyclic amines) is 1. The average Bonchev–Trinajstić information content (AvgIpc) is 3.47. The maximum Gasteiger partial charge on any atom is 0.238 e. The first-order valence-electron chi connectivity index (χ1n) is 10.2. The summed E-state index contributed by atoms with van der Waals surface area (Å²) in [5.41, 5.74) is -0.0924. The van der Waals surface area contributed by atoms with Gasteiger partial charge in [-0.1, -0.05) is 6.92 Å². The fraction of sp³-hybridized carbons (Fsp3) is 0.667. The molecule has 1 aliphatic carbocycles. The number of amides is 1. The van der Waals surface area contributed by atoms with E-state index in [9.17, 15) is 13.6 Å². The Hall–Kier alpha value is -1.53. The zero-order valence-electron chi connectivity index (χ0n) is 16.2. The molecule has 2 fully saturated rings. The highest BCUT2D eigenvalue weighted by atomic mass is 19.1. The molecule has 1 aliphatic heterocycles. The second-order valence-corrected chi connectivity index (χ2v) is 8.02. The third kappa shape index (κ3) is 6.54. The molecule has 1 heterocycles. The van der Waals surface area contributed by atoms with Gasteiger partial charge >= 0.3 is 0 Å². The van der Waals surface area contributed by atoms with Crippen LogP contribution < -0.4 is 5.32 Å². The van der Waals surface area contributed by atoms with Crippen molar-refractivity contribution >= 4 is 11.6 Å². The highest BCUT2D eigenvalue weighted by molar-refractivity contribution is 5.92. The summed E-state index contributed by atoms with van der Waals surface area (Å²) in [6, 6.07) is 3.08. The van der Waals surface area contributed by atoms with Crippen LogP contribution >= 0.6 is 0 Å². The first-order valence-corrected chi connectivity index (χ1v) is 10.2. The van der Waals surface area contributed by atoms with Crippen LogP contribution in [0.3, 0.4) is 0 Å². The summed E-state index contributed by atoms with van der Waals surface area (Å²) in [4.78, 5) is 16.8. The fourth-order valence-corrected chi connectivity index (χ4v) is 3.83. The van der Waals surface area contributed by atoms with Crippen molar-refractivity contribution in [2.24, 2.45) is 11.8 Å². The maximum absolute atomic E-state index is 13.6. The third-order valence-corrected chi connectivity index (χ3v) is 5.79. The number of halogens is 2. The van der Waals surface area contributed by atoms with E-state index in [1.165, 1.54) is 32.4 Å². The number of benzene rings is 1. The number of hydrogen-bond donors (Lipinski definition) is 1. The summed E-state index contributed by atoms with van der Waals surface area (Å²) in [7, 11) is 0. The number of nitrogens with zero attached hydrogens (tertiary/aromatic N) is 2. The first-order chi connectivity index (χ1) is 13.0. The Kier molecular flexibility index (Phi) is 7.19. The van der Waals surface area contributed by atoms with Crippen molar-refractivity contribution in [1.29, 1.82) is 0 Å². The van der Waals surface area contributed by atoms with Crippen LogP contribution in [-0.4, -0.2) is 55.0 Å². The molecular formula is C21H31F2N3O. The summed E-state index contributed by atoms with van der Waals surface area (Å²) in [5, 5.41) is 2.48. The Balaban J connectivity index is 1.36. The molecule has 150 valence electrons. The molecular weight excluding hydrogens is 348 g/mol. The van der Waals surface area contributed by atoms with Gasteiger partial charge in [0.1, 0.15) is 11.6 Å². The Bertz CT molecular complexity index is 628. The van der Waals surface area contributed by atoms with Gasteiger partial charge in [-0.2, -0.15) is 0 Å². The van der Waals surface area contributed by atoms with E-state index in [4.69, 9.17) is 0 Å². The standard InChI is InChI=1S/C21H31F2N3O/c1-2-25(14-17-3-4-17)10-7-16-8-11-26(12-9-16)15-21(27)24-20-13-18(22)5-6-19(20)23/h5-6,13,16-17H,2-4,7-12,14-15H2,1H3,(H,24,27). The molecule has 1 aromatic rings. The molecule has 1 amide bonds. The van der Waals surface area contributed by atoms with Crippen LogP contribution in [0.15, 0.2) is 18.2 Å². The molecule has 1 saturated carbocycles. The van der Waals surface area contributed by atoms with E-state index in [0.717, 1.165) is 62.5 Å². The molecule has 0 radical (unpaired) electrons. The van der Waals surface area contributed by atoms with Crippen LogP contribution in [0.1, 0.15) is 39.0 Å². The highest BCUT2D eigenvalue weighted by Gasteiger charge is 2.25. The minimum absolute atomic E-state index is 0.0924. The molecule has 3 rings (SSSR count). The van der Waals surface area contributed by atoms with Crippen molar-refractivity contribution in [3.63, 3.8) is 0 Å². The molecule has 1 aromatic carbocycles. The highest BCUT2D eigenvalue weighted by Crippen LogP contribution is 2.30. The third-order valence-electron chi connectivity index (χ3n) is 5.79. The number of hydrogen-bond acceptors (Lipinski definition) is 3. The van der Waals surface area contributed by atoms with E-state index in [-0.39, 0.29) is 18.1 Å². The molecule has 0 unspecified atom stereocenters. The van der Waals surface area contributed by atoms with Crippen molar-refractivity contribution < 1.29 is 13.6 Å². The fourth-order valence-electron chi connectivity index (χ4n) is 3.83. The van der Waals surface area contributed by atoms with Gasteiger partial charge in [0, 0.05) is 12.6 Å². The quantitative estimate of drug-likeness (QED) is 0.710. The van der Waals surface area contributed by atoms with Gasteiger partial charge in [0.2, 0.25) is 5.91 Å². The van der Waals surface area contributed by atoms with Gasteiger partial charge in [-0.15, -0.1) is 0 Å². The lowest BCUT2D eigenvalue weighted by Gasteiger charge is -2.32. The molecule has 0 atom stereocenters. The summed E-state index contributed by atoms with van der Waals surface area (Å²) in [6.45, 7) is 7.81. The van der Waals surface area contributed by atoms with Crippen molar-refractivity contribution in [1.82, 2.24) is 9.80 Å². The Labute approximate surface area is 160 Å². The molecule has 0 spiro atoms. The second-order valence-electron chi connectivity index (χ2n) is 8.02. The van der Waals surface area contributed by atoms with E-state index >= 15 is 0 Å². The van der Waals surface area contributed by atoms with Crippen LogP contribution in [0.25, 0.3) is 0 Å². The molecule has 1 saturated heterocycles. The van der Waals surface area contributed by atoms with Crippen molar-refractivity contribution in [3.05, 3.63) is 29.8 Å². The van der Waals surface area contributed by atoms with E-state index in [2.05, 4.69) is 22.0 Å². The number of carbonyl (C=O) groups excluding carboxylic acids is 1. The number of piperidine rings is 1. The minimum atomic E-state index is -0.616. The van der Waals surface area contributed by atoms with E-state index in [0.29, 0.717) is 0 Å². The molecule has 4 nitrogen and oxygen atoms in total. The van der Waals surface area contributed by atoms with Crippen molar-refractivity contribution in [3.8, 4) is 0 Å². The normalized spacial score (nSPS) is 18.8. The topological polar surface area (TPSA) is 35.6 Å². The molecule has 6 heteroatoms. The Morgan fingerprint density at radius 1 is 1.19 bits per heavy atom. The smallest absolute Gasteiger partial charge is 0.238 e. The first kappa shape index (κ1) is 20.2. The van der Waals surface area contributed by atoms with Gasteiger partial charge in [0.15, 0.2) is 0 Å². The van der Waals surface area contributed by atoms with Crippen molar-refractivity contribution in [2.45, 2.75) is 39.0 Å². The monoisotopic (exact) mass is 379 g/mol. The lowest BCUT2D eigenvalue weighted by Crippen LogP contribution is -2.40. The zero-order valence-corrected chi connectivity index (χ0v) is 16.2. The largest absolute Gasteiger partial charge is 0.322 e. The SMILES string of the molecule is CCN(CCC1CCN(CC(=O)Nc2cc(F)ccc2F)CC1)CC1CC1. The molecule has 2 aliphatic rings. The van der Waals surface area contributed by atoms with Crippen molar-refractivity contribution in [2.75, 3.05) is 44.6 Å². The van der Waals surface area contributed by atoms with E-state index in [1.54, 1.807) is 0 Å². The summed E-state index contributed by atoms with van der Waals surface area (Å²) in [5.74, 6) is 0.191. The van der Waals surface area contributed by atoms with Crippen LogP contribution in [0, 0.1) is 23.5 Å². The summed E-state index contributed by atoms with van der Waals surface area (Å²) in [6.07, 6.45) is 6.23. The second kappa shape index (κ2) is 9.60. The van der Waals surface area contributed by atoms with Crippen LogP contribution in [0.2, 0.25) is 0 Å². The van der Waals surface area contributed by atoms with Gasteiger partial charge in [-0.25, -0.2) is 8.78 Å². The lowest BCUT2D eigenvalue weighted by atomic mass is 9.93.